The van der Waals surface area contributed by atoms with Crippen LogP contribution in [0.3, 0.4) is 0 Å². The lowest BCUT2D eigenvalue weighted by atomic mass is 9.76. The molecule has 7 heteroatoms. The van der Waals surface area contributed by atoms with E-state index in [-0.39, 0.29) is 30.1 Å². The topological polar surface area (TPSA) is 56.4 Å². The summed E-state index contributed by atoms with van der Waals surface area (Å²) in [6.45, 7) is 2.60. The van der Waals surface area contributed by atoms with Crippen LogP contribution in [-0.2, 0) is 21.5 Å². The Kier molecular flexibility index (Phi) is 5.38. The standard InChI is InChI=1S/C29H25ClFN3O2/c1-29-27-26(21-7-3-5-9-24(21)32-27)22(20-6-2-4-8-23(20)30)16-34(29)25(35)17-33(28(29)36)15-14-18-10-12-19(31)13-11-18/h2-13,22,32H,14-17H2,1H3. The molecule has 1 N–H and O–H groups in total. The highest BCUT2D eigenvalue weighted by Crippen LogP contribution is 2.49. The molecular formula is C29H25ClFN3O2. The third kappa shape index (κ3) is 3.43. The molecule has 4 aromatic rings. The highest BCUT2D eigenvalue weighted by atomic mass is 35.5. The van der Waals surface area contributed by atoms with Gasteiger partial charge in [-0.05, 0) is 54.3 Å². The van der Waals surface area contributed by atoms with Crippen molar-refractivity contribution in [2.45, 2.75) is 24.8 Å². The summed E-state index contributed by atoms with van der Waals surface area (Å²) in [4.78, 5) is 34.5. The molecule has 2 atom stereocenters. The quantitative estimate of drug-likeness (QED) is 0.416. The number of aromatic amines is 1. The fourth-order valence-corrected chi connectivity index (χ4v) is 6.08. The SMILES string of the molecule is CC12C(=O)N(CCc3ccc(F)cc3)CC(=O)N1CC(c1ccccc1Cl)c1c2[nH]c2ccccc12. The van der Waals surface area contributed by atoms with Gasteiger partial charge in [-0.15, -0.1) is 0 Å². The van der Waals surface area contributed by atoms with E-state index in [4.69, 9.17) is 11.6 Å². The lowest BCUT2D eigenvalue weighted by Crippen LogP contribution is -2.67. The summed E-state index contributed by atoms with van der Waals surface area (Å²) in [5, 5.41) is 1.67. The van der Waals surface area contributed by atoms with Crippen LogP contribution in [0.4, 0.5) is 4.39 Å². The number of nitrogens with one attached hydrogen (secondary N) is 1. The van der Waals surface area contributed by atoms with Gasteiger partial charge in [0.05, 0.1) is 12.2 Å². The molecule has 1 fully saturated rings. The predicted molar refractivity (Wildman–Crippen MR) is 137 cm³/mol. The minimum Gasteiger partial charge on any atom is -0.356 e. The van der Waals surface area contributed by atoms with Gasteiger partial charge in [0, 0.05) is 34.9 Å². The van der Waals surface area contributed by atoms with Crippen molar-refractivity contribution in [2.75, 3.05) is 19.6 Å². The van der Waals surface area contributed by atoms with Crippen molar-refractivity contribution in [3.63, 3.8) is 0 Å². The number of amides is 2. The number of aromatic nitrogens is 1. The number of carbonyl (C=O) groups is 2. The van der Waals surface area contributed by atoms with Crippen LogP contribution in [0.5, 0.6) is 0 Å². The molecular weight excluding hydrogens is 477 g/mol. The molecule has 3 aromatic carbocycles. The number of carbonyl (C=O) groups excluding carboxylic acids is 2. The van der Waals surface area contributed by atoms with E-state index in [9.17, 15) is 14.0 Å². The Balaban J connectivity index is 1.44. The Hall–Kier alpha value is -3.64. The van der Waals surface area contributed by atoms with E-state index in [0.717, 1.165) is 33.3 Å². The van der Waals surface area contributed by atoms with Crippen molar-refractivity contribution in [1.29, 1.82) is 0 Å². The number of hydrogen-bond donors (Lipinski definition) is 1. The van der Waals surface area contributed by atoms with Crippen molar-refractivity contribution in [1.82, 2.24) is 14.8 Å². The number of nitrogens with zero attached hydrogens (tertiary/aromatic N) is 2. The van der Waals surface area contributed by atoms with Crippen LogP contribution >= 0.6 is 11.6 Å². The molecule has 0 aliphatic carbocycles. The van der Waals surface area contributed by atoms with Gasteiger partial charge in [0.25, 0.3) is 5.91 Å². The number of benzene rings is 3. The molecule has 3 heterocycles. The lowest BCUT2D eigenvalue weighted by Gasteiger charge is -2.51. The minimum atomic E-state index is -1.16. The van der Waals surface area contributed by atoms with Crippen LogP contribution < -0.4 is 0 Å². The highest BCUT2D eigenvalue weighted by Gasteiger charge is 2.56. The van der Waals surface area contributed by atoms with E-state index < -0.39 is 5.54 Å². The fourth-order valence-electron chi connectivity index (χ4n) is 5.81. The Labute approximate surface area is 213 Å². The first-order chi connectivity index (χ1) is 17.4. The van der Waals surface area contributed by atoms with Gasteiger partial charge in [-0.3, -0.25) is 9.59 Å². The van der Waals surface area contributed by atoms with E-state index in [1.165, 1.54) is 12.1 Å². The summed E-state index contributed by atoms with van der Waals surface area (Å²) in [6.07, 6.45) is 0.539. The lowest BCUT2D eigenvalue weighted by molar-refractivity contribution is -0.166. The Bertz CT molecular complexity index is 1500. The normalized spacial score (nSPS) is 21.6. The summed E-state index contributed by atoms with van der Waals surface area (Å²) < 4.78 is 13.3. The van der Waals surface area contributed by atoms with Gasteiger partial charge in [0.15, 0.2) is 5.54 Å². The van der Waals surface area contributed by atoms with Crippen molar-refractivity contribution < 1.29 is 14.0 Å². The molecule has 0 radical (unpaired) electrons. The average Bonchev–Trinajstić information content (AvgIpc) is 3.28. The summed E-state index contributed by atoms with van der Waals surface area (Å²) in [7, 11) is 0. The smallest absolute Gasteiger partial charge is 0.254 e. The van der Waals surface area contributed by atoms with Crippen LogP contribution in [0.1, 0.15) is 35.2 Å². The molecule has 0 bridgehead atoms. The van der Waals surface area contributed by atoms with Gasteiger partial charge < -0.3 is 14.8 Å². The first-order valence-electron chi connectivity index (χ1n) is 12.1. The van der Waals surface area contributed by atoms with Crippen LogP contribution in [0, 0.1) is 5.82 Å². The molecule has 2 aliphatic heterocycles. The number of H-pyrrole nitrogens is 1. The molecule has 1 saturated heterocycles. The maximum Gasteiger partial charge on any atom is 0.254 e. The van der Waals surface area contributed by atoms with Gasteiger partial charge in [-0.2, -0.15) is 0 Å². The number of para-hydroxylation sites is 1. The maximum absolute atomic E-state index is 14.1. The third-order valence-corrected chi connectivity index (χ3v) is 8.03. The van der Waals surface area contributed by atoms with Gasteiger partial charge in [0.1, 0.15) is 5.82 Å². The number of rotatable bonds is 4. The number of halogens is 2. The van der Waals surface area contributed by atoms with E-state index in [2.05, 4.69) is 11.1 Å². The number of piperazine rings is 1. The van der Waals surface area contributed by atoms with Crippen molar-refractivity contribution in [3.8, 4) is 0 Å². The number of hydrogen-bond acceptors (Lipinski definition) is 2. The summed E-state index contributed by atoms with van der Waals surface area (Å²) in [5.74, 6) is -0.680. The molecule has 1 aromatic heterocycles. The molecule has 182 valence electrons. The predicted octanol–water partition coefficient (Wildman–Crippen LogP) is 5.23. The summed E-state index contributed by atoms with van der Waals surface area (Å²) >= 11 is 6.64. The Morgan fingerprint density at radius 3 is 2.53 bits per heavy atom. The molecule has 2 unspecified atom stereocenters. The van der Waals surface area contributed by atoms with E-state index >= 15 is 0 Å². The second-order valence-corrected chi connectivity index (χ2v) is 10.1. The zero-order valence-corrected chi connectivity index (χ0v) is 20.6. The van der Waals surface area contributed by atoms with E-state index in [1.54, 1.807) is 21.9 Å². The highest BCUT2D eigenvalue weighted by molar-refractivity contribution is 6.31. The summed E-state index contributed by atoms with van der Waals surface area (Å²) in [5.41, 5.74) is 3.36. The van der Waals surface area contributed by atoms with Crippen LogP contribution in [0.25, 0.3) is 10.9 Å². The van der Waals surface area contributed by atoms with Crippen molar-refractivity contribution >= 4 is 34.3 Å². The van der Waals surface area contributed by atoms with Crippen LogP contribution in [0.2, 0.25) is 5.02 Å². The van der Waals surface area contributed by atoms with E-state index in [1.807, 2.05) is 49.4 Å². The van der Waals surface area contributed by atoms with Gasteiger partial charge in [0.2, 0.25) is 5.91 Å². The molecule has 5 nitrogen and oxygen atoms in total. The van der Waals surface area contributed by atoms with Crippen molar-refractivity contribution in [2.24, 2.45) is 0 Å². The zero-order chi connectivity index (χ0) is 25.0. The Morgan fingerprint density at radius 1 is 1.03 bits per heavy atom. The minimum absolute atomic E-state index is 0.0143. The van der Waals surface area contributed by atoms with Crippen LogP contribution in [-0.4, -0.2) is 46.2 Å². The van der Waals surface area contributed by atoms with Crippen LogP contribution in [0.15, 0.2) is 72.8 Å². The van der Waals surface area contributed by atoms with E-state index in [0.29, 0.717) is 24.5 Å². The molecule has 6 rings (SSSR count). The first kappa shape index (κ1) is 22.8. The second-order valence-electron chi connectivity index (χ2n) is 9.71. The zero-order valence-electron chi connectivity index (χ0n) is 19.8. The second kappa shape index (κ2) is 8.49. The average molecular weight is 502 g/mol. The van der Waals surface area contributed by atoms with Gasteiger partial charge in [-0.1, -0.05) is 60.1 Å². The van der Waals surface area contributed by atoms with Crippen molar-refractivity contribution in [3.05, 3.63) is 106 Å². The maximum atomic E-state index is 14.1. The molecule has 2 amide bonds. The molecule has 2 aliphatic rings. The Morgan fingerprint density at radius 2 is 1.75 bits per heavy atom. The molecule has 0 saturated carbocycles. The largest absolute Gasteiger partial charge is 0.356 e. The molecule has 0 spiro atoms. The molecule has 36 heavy (non-hydrogen) atoms. The van der Waals surface area contributed by atoms with Gasteiger partial charge >= 0.3 is 0 Å². The number of fused-ring (bicyclic) bond motifs is 5. The summed E-state index contributed by atoms with van der Waals surface area (Å²) in [6, 6.07) is 21.9. The monoisotopic (exact) mass is 501 g/mol. The first-order valence-corrected chi connectivity index (χ1v) is 12.5. The fraction of sp³-hybridized carbons (Fsp3) is 0.241. The third-order valence-electron chi connectivity index (χ3n) is 7.68. The van der Waals surface area contributed by atoms with Gasteiger partial charge in [-0.25, -0.2) is 4.39 Å².